The van der Waals surface area contributed by atoms with Crippen LogP contribution in [0.25, 0.3) is 0 Å². The molecule has 1 fully saturated rings. The second-order valence-corrected chi connectivity index (χ2v) is 5.04. The summed E-state index contributed by atoms with van der Waals surface area (Å²) in [4.78, 5) is 14.1. The van der Waals surface area contributed by atoms with Crippen molar-refractivity contribution >= 4 is 22.9 Å². The van der Waals surface area contributed by atoms with Crippen LogP contribution < -0.4 is 5.32 Å². The summed E-state index contributed by atoms with van der Waals surface area (Å²) in [6, 6.07) is 1.89. The fourth-order valence-electron chi connectivity index (χ4n) is 2.05. The van der Waals surface area contributed by atoms with Crippen LogP contribution in [0.2, 0.25) is 0 Å². The molecule has 0 aromatic carbocycles. The predicted molar refractivity (Wildman–Crippen MR) is 67.8 cm³/mol. The van der Waals surface area contributed by atoms with E-state index in [-0.39, 0.29) is 11.9 Å². The van der Waals surface area contributed by atoms with Gasteiger partial charge in [0.2, 0.25) is 5.91 Å². The van der Waals surface area contributed by atoms with Crippen molar-refractivity contribution < 1.29 is 4.79 Å². The number of piperidine rings is 1. The quantitative estimate of drug-likeness (QED) is 0.877. The van der Waals surface area contributed by atoms with Gasteiger partial charge in [-0.15, -0.1) is 0 Å². The molecule has 2 heterocycles. The van der Waals surface area contributed by atoms with E-state index in [0.29, 0.717) is 0 Å². The average molecular weight is 238 g/mol. The Morgan fingerprint density at radius 1 is 1.44 bits per heavy atom. The lowest BCUT2D eigenvalue weighted by Gasteiger charge is -2.29. The van der Waals surface area contributed by atoms with Crippen molar-refractivity contribution in [3.05, 3.63) is 16.8 Å². The number of carbonyl (C=O) groups excluding carboxylic acids is 1. The first-order chi connectivity index (χ1) is 7.77. The molecule has 0 radical (unpaired) electrons. The molecule has 2 rings (SSSR count). The van der Waals surface area contributed by atoms with Gasteiger partial charge in [-0.3, -0.25) is 4.79 Å². The zero-order valence-corrected chi connectivity index (χ0v) is 10.4. The van der Waals surface area contributed by atoms with Crippen molar-refractivity contribution in [2.45, 2.75) is 32.2 Å². The van der Waals surface area contributed by atoms with Crippen molar-refractivity contribution in [3.63, 3.8) is 0 Å². The van der Waals surface area contributed by atoms with E-state index in [9.17, 15) is 4.79 Å². The second-order valence-electron chi connectivity index (χ2n) is 4.26. The van der Waals surface area contributed by atoms with Crippen LogP contribution in [0, 0.1) is 0 Å². The van der Waals surface area contributed by atoms with E-state index in [1.807, 2.05) is 28.7 Å². The topological polar surface area (TPSA) is 32.3 Å². The molecule has 0 saturated carbocycles. The molecule has 1 N–H and O–H groups in total. The van der Waals surface area contributed by atoms with E-state index in [1.165, 1.54) is 6.42 Å². The summed E-state index contributed by atoms with van der Waals surface area (Å²) in [5.41, 5.74) is 1.04. The van der Waals surface area contributed by atoms with Gasteiger partial charge in [0.25, 0.3) is 0 Å². The van der Waals surface area contributed by atoms with E-state index in [4.69, 9.17) is 0 Å². The lowest BCUT2D eigenvalue weighted by molar-refractivity contribution is -0.132. The molecule has 1 aliphatic rings. The third-order valence-corrected chi connectivity index (χ3v) is 3.63. The minimum absolute atomic E-state index is 0.118. The van der Waals surface area contributed by atoms with Crippen LogP contribution in [0.3, 0.4) is 0 Å². The van der Waals surface area contributed by atoms with E-state index in [1.54, 1.807) is 11.3 Å². The third kappa shape index (κ3) is 2.76. The summed E-state index contributed by atoms with van der Waals surface area (Å²) < 4.78 is 0. The highest BCUT2D eigenvalue weighted by molar-refractivity contribution is 7.08. The number of anilines is 1. The fourth-order valence-corrected chi connectivity index (χ4v) is 2.64. The summed E-state index contributed by atoms with van der Waals surface area (Å²) in [5, 5.41) is 7.28. The van der Waals surface area contributed by atoms with E-state index in [2.05, 4.69) is 5.32 Å². The Balaban J connectivity index is 1.88. The van der Waals surface area contributed by atoms with Crippen LogP contribution in [0.4, 0.5) is 5.69 Å². The van der Waals surface area contributed by atoms with Gasteiger partial charge >= 0.3 is 0 Å². The first kappa shape index (κ1) is 11.5. The van der Waals surface area contributed by atoms with Crippen molar-refractivity contribution in [2.75, 3.05) is 18.4 Å². The second kappa shape index (κ2) is 5.34. The van der Waals surface area contributed by atoms with Crippen LogP contribution in [0.1, 0.15) is 26.2 Å². The molecular weight excluding hydrogens is 220 g/mol. The Morgan fingerprint density at radius 3 is 2.81 bits per heavy atom. The van der Waals surface area contributed by atoms with Gasteiger partial charge < -0.3 is 10.2 Å². The highest BCUT2D eigenvalue weighted by Gasteiger charge is 2.21. The highest BCUT2D eigenvalue weighted by atomic mass is 32.1. The van der Waals surface area contributed by atoms with Gasteiger partial charge in [-0.1, -0.05) is 0 Å². The minimum Gasteiger partial charge on any atom is -0.373 e. The number of hydrogen-bond donors (Lipinski definition) is 1. The number of amides is 1. The number of carbonyl (C=O) groups is 1. The summed E-state index contributed by atoms with van der Waals surface area (Å²) in [7, 11) is 0. The third-order valence-electron chi connectivity index (χ3n) is 2.94. The zero-order chi connectivity index (χ0) is 11.4. The van der Waals surface area contributed by atoms with Gasteiger partial charge in [0.15, 0.2) is 0 Å². The highest BCUT2D eigenvalue weighted by Crippen LogP contribution is 2.15. The number of hydrogen-bond acceptors (Lipinski definition) is 3. The van der Waals surface area contributed by atoms with Gasteiger partial charge in [-0.2, -0.15) is 11.3 Å². The maximum absolute atomic E-state index is 12.1. The minimum atomic E-state index is -0.118. The Hall–Kier alpha value is -1.03. The van der Waals surface area contributed by atoms with Crippen molar-refractivity contribution in [1.82, 2.24) is 4.90 Å². The summed E-state index contributed by atoms with van der Waals surface area (Å²) in [5.74, 6) is 0.228. The Labute approximate surface area is 100 Å². The van der Waals surface area contributed by atoms with Crippen LogP contribution >= 0.6 is 11.3 Å². The molecule has 4 heteroatoms. The molecule has 0 bridgehead atoms. The first-order valence-corrected chi connectivity index (χ1v) is 6.79. The zero-order valence-electron chi connectivity index (χ0n) is 9.61. The maximum Gasteiger partial charge on any atom is 0.244 e. The Kier molecular flexibility index (Phi) is 3.83. The molecule has 0 aliphatic carbocycles. The maximum atomic E-state index is 12.1. The Bertz CT molecular complexity index is 331. The normalized spacial score (nSPS) is 18.2. The number of nitrogens with zero attached hydrogens (tertiary/aromatic N) is 1. The SMILES string of the molecule is CC(Nc1ccsc1)C(=O)N1CCCCC1. The van der Waals surface area contributed by atoms with Gasteiger partial charge in [0.1, 0.15) is 6.04 Å². The van der Waals surface area contributed by atoms with Gasteiger partial charge in [0.05, 0.1) is 0 Å². The van der Waals surface area contributed by atoms with Gasteiger partial charge in [-0.05, 0) is 37.6 Å². The molecule has 1 aromatic heterocycles. The number of nitrogens with one attached hydrogen (secondary N) is 1. The largest absolute Gasteiger partial charge is 0.373 e. The van der Waals surface area contributed by atoms with Crippen molar-refractivity contribution in [2.24, 2.45) is 0 Å². The molecule has 1 unspecified atom stereocenters. The van der Waals surface area contributed by atoms with Crippen LogP contribution in [-0.2, 0) is 4.79 Å². The van der Waals surface area contributed by atoms with E-state index >= 15 is 0 Å². The van der Waals surface area contributed by atoms with E-state index in [0.717, 1.165) is 31.6 Å². The molecule has 88 valence electrons. The summed E-state index contributed by atoms with van der Waals surface area (Å²) >= 11 is 1.64. The van der Waals surface area contributed by atoms with Crippen LogP contribution in [0.5, 0.6) is 0 Å². The predicted octanol–water partition coefficient (Wildman–Crippen LogP) is 2.56. The molecule has 1 aromatic rings. The molecule has 1 saturated heterocycles. The lowest BCUT2D eigenvalue weighted by atomic mass is 10.1. The smallest absolute Gasteiger partial charge is 0.244 e. The van der Waals surface area contributed by atoms with Gasteiger partial charge in [0, 0.05) is 24.2 Å². The molecule has 1 amide bonds. The molecule has 1 aliphatic heterocycles. The molecule has 16 heavy (non-hydrogen) atoms. The van der Waals surface area contributed by atoms with Crippen LogP contribution in [0.15, 0.2) is 16.8 Å². The van der Waals surface area contributed by atoms with Crippen molar-refractivity contribution in [3.8, 4) is 0 Å². The fraction of sp³-hybridized carbons (Fsp3) is 0.583. The Morgan fingerprint density at radius 2 is 2.19 bits per heavy atom. The van der Waals surface area contributed by atoms with E-state index < -0.39 is 0 Å². The molecule has 0 spiro atoms. The molecule has 1 atom stereocenters. The monoisotopic (exact) mass is 238 g/mol. The van der Waals surface area contributed by atoms with Crippen LogP contribution in [-0.4, -0.2) is 29.9 Å². The lowest BCUT2D eigenvalue weighted by Crippen LogP contribution is -2.43. The number of thiophene rings is 1. The van der Waals surface area contributed by atoms with Gasteiger partial charge in [-0.25, -0.2) is 0 Å². The number of rotatable bonds is 3. The standard InChI is InChI=1S/C12H18N2OS/c1-10(13-11-5-8-16-9-11)12(15)14-6-3-2-4-7-14/h5,8-10,13H,2-4,6-7H2,1H3. The summed E-state index contributed by atoms with van der Waals surface area (Å²) in [6.45, 7) is 3.79. The number of likely N-dealkylation sites (tertiary alicyclic amines) is 1. The average Bonchev–Trinajstić information content (AvgIpc) is 2.82. The summed E-state index contributed by atoms with van der Waals surface area (Å²) in [6.07, 6.45) is 3.56. The van der Waals surface area contributed by atoms with Crippen molar-refractivity contribution in [1.29, 1.82) is 0 Å². The molecule has 3 nitrogen and oxygen atoms in total. The first-order valence-electron chi connectivity index (χ1n) is 5.85. The molecular formula is C12H18N2OS.